The second-order valence-electron chi connectivity index (χ2n) is 7.51. The lowest BCUT2D eigenvalue weighted by Crippen LogP contribution is -2.19. The highest BCUT2D eigenvalue weighted by atomic mass is 79.9. The Hall–Kier alpha value is -3.18. The van der Waals surface area contributed by atoms with Crippen molar-refractivity contribution in [3.8, 4) is 11.5 Å². The van der Waals surface area contributed by atoms with Crippen molar-refractivity contribution < 1.29 is 26.7 Å². The molecule has 1 amide bonds. The van der Waals surface area contributed by atoms with Crippen LogP contribution in [-0.4, -0.2) is 14.3 Å². The molecule has 0 atom stereocenters. The SMILES string of the molecule is O=C(Nc1cc(F)c(Br)c(F)c1)c1cc(Cl)ccc1NS(=O)(=O)c1ccc(Oc2ccccc2Cl)cc1. The number of sulfonamides is 1. The van der Waals surface area contributed by atoms with Crippen LogP contribution in [0.5, 0.6) is 11.5 Å². The molecule has 0 heterocycles. The Bertz CT molecular complexity index is 1580. The van der Waals surface area contributed by atoms with Gasteiger partial charge in [-0.05, 0) is 82.7 Å². The average molecular weight is 628 g/mol. The fraction of sp³-hybridized carbons (Fsp3) is 0. The average Bonchev–Trinajstić information content (AvgIpc) is 2.85. The highest BCUT2D eigenvalue weighted by Gasteiger charge is 2.20. The molecule has 0 unspecified atom stereocenters. The van der Waals surface area contributed by atoms with Gasteiger partial charge in [0.1, 0.15) is 23.1 Å². The number of carbonyl (C=O) groups excluding carboxylic acids is 1. The number of rotatable bonds is 7. The molecular weight excluding hydrogens is 613 g/mol. The van der Waals surface area contributed by atoms with Gasteiger partial charge in [-0.15, -0.1) is 0 Å². The van der Waals surface area contributed by atoms with Gasteiger partial charge in [0.15, 0.2) is 0 Å². The van der Waals surface area contributed by atoms with E-state index in [0.717, 1.165) is 12.1 Å². The lowest BCUT2D eigenvalue weighted by Gasteiger charge is -2.14. The Labute approximate surface area is 229 Å². The Balaban J connectivity index is 1.56. The van der Waals surface area contributed by atoms with Crippen molar-refractivity contribution in [2.24, 2.45) is 0 Å². The van der Waals surface area contributed by atoms with Crippen LogP contribution in [0.3, 0.4) is 0 Å². The predicted molar refractivity (Wildman–Crippen MR) is 142 cm³/mol. The number of para-hydroxylation sites is 1. The van der Waals surface area contributed by atoms with Gasteiger partial charge in [-0.1, -0.05) is 35.3 Å². The molecule has 0 saturated heterocycles. The van der Waals surface area contributed by atoms with Gasteiger partial charge in [0, 0.05) is 10.7 Å². The Kier molecular flexibility index (Phi) is 8.03. The highest BCUT2D eigenvalue weighted by Crippen LogP contribution is 2.31. The summed E-state index contributed by atoms with van der Waals surface area (Å²) in [6, 6.07) is 18.1. The van der Waals surface area contributed by atoms with Crippen molar-refractivity contribution in [3.63, 3.8) is 0 Å². The van der Waals surface area contributed by atoms with Crippen molar-refractivity contribution in [1.29, 1.82) is 0 Å². The number of nitrogens with one attached hydrogen (secondary N) is 2. The van der Waals surface area contributed by atoms with Gasteiger partial charge in [0.2, 0.25) is 0 Å². The standard InChI is InChI=1S/C25H15BrCl2F2N2O4S/c26-24-20(29)12-15(13-21(24)30)31-25(33)18-11-14(27)5-10-22(18)32-37(34,35)17-8-6-16(7-9-17)36-23-4-2-1-3-19(23)28/h1-13,32H,(H,31,33). The van der Waals surface area contributed by atoms with Crippen molar-refractivity contribution in [3.05, 3.63) is 111 Å². The first-order valence-corrected chi connectivity index (χ1v) is 13.4. The lowest BCUT2D eigenvalue weighted by molar-refractivity contribution is 0.102. The van der Waals surface area contributed by atoms with Gasteiger partial charge in [0.05, 0.1) is 25.6 Å². The minimum absolute atomic E-state index is 0.101. The molecule has 37 heavy (non-hydrogen) atoms. The van der Waals surface area contributed by atoms with E-state index >= 15 is 0 Å². The van der Waals surface area contributed by atoms with Crippen LogP contribution in [0.4, 0.5) is 20.2 Å². The zero-order valence-corrected chi connectivity index (χ0v) is 22.4. The van der Waals surface area contributed by atoms with E-state index < -0.39 is 27.6 Å². The van der Waals surface area contributed by atoms with Crippen molar-refractivity contribution in [2.75, 3.05) is 10.0 Å². The molecule has 0 saturated carbocycles. The summed E-state index contributed by atoms with van der Waals surface area (Å²) in [6.45, 7) is 0. The van der Waals surface area contributed by atoms with E-state index in [0.29, 0.717) is 16.5 Å². The fourth-order valence-corrected chi connectivity index (χ4v) is 4.82. The van der Waals surface area contributed by atoms with E-state index in [1.54, 1.807) is 24.3 Å². The molecule has 0 aliphatic rings. The van der Waals surface area contributed by atoms with Crippen LogP contribution < -0.4 is 14.8 Å². The number of hydrogen-bond donors (Lipinski definition) is 2. The molecule has 2 N–H and O–H groups in total. The van der Waals surface area contributed by atoms with Crippen LogP contribution >= 0.6 is 39.1 Å². The summed E-state index contributed by atoms with van der Waals surface area (Å²) in [5.74, 6) is -1.94. The topological polar surface area (TPSA) is 84.5 Å². The number of halogens is 5. The molecule has 190 valence electrons. The van der Waals surface area contributed by atoms with E-state index in [-0.39, 0.29) is 31.3 Å². The van der Waals surface area contributed by atoms with Gasteiger partial charge in [0.25, 0.3) is 15.9 Å². The van der Waals surface area contributed by atoms with Gasteiger partial charge in [-0.2, -0.15) is 0 Å². The molecule has 0 radical (unpaired) electrons. The van der Waals surface area contributed by atoms with Gasteiger partial charge < -0.3 is 10.1 Å². The van der Waals surface area contributed by atoms with Crippen molar-refractivity contribution in [1.82, 2.24) is 0 Å². The lowest BCUT2D eigenvalue weighted by atomic mass is 10.1. The number of amides is 1. The second-order valence-corrected chi connectivity index (χ2v) is 10.8. The number of ether oxygens (including phenoxy) is 1. The molecule has 0 aromatic heterocycles. The number of benzene rings is 4. The Morgan fingerprint density at radius 2 is 1.54 bits per heavy atom. The summed E-state index contributed by atoms with van der Waals surface area (Å²) in [5.41, 5.74) is -0.444. The van der Waals surface area contributed by atoms with Crippen molar-refractivity contribution in [2.45, 2.75) is 4.90 Å². The summed E-state index contributed by atoms with van der Waals surface area (Å²) < 4.78 is 61.4. The smallest absolute Gasteiger partial charge is 0.261 e. The summed E-state index contributed by atoms with van der Waals surface area (Å²) in [4.78, 5) is 12.8. The van der Waals surface area contributed by atoms with E-state index in [1.165, 1.54) is 42.5 Å². The molecule has 0 aliphatic heterocycles. The minimum Gasteiger partial charge on any atom is -0.456 e. The summed E-state index contributed by atoms with van der Waals surface area (Å²) in [7, 11) is -4.15. The Morgan fingerprint density at radius 1 is 0.892 bits per heavy atom. The Morgan fingerprint density at radius 3 is 2.19 bits per heavy atom. The maximum Gasteiger partial charge on any atom is 0.261 e. The molecule has 0 bridgehead atoms. The zero-order chi connectivity index (χ0) is 26.7. The van der Waals surface area contributed by atoms with Gasteiger partial charge in [-0.3, -0.25) is 9.52 Å². The van der Waals surface area contributed by atoms with E-state index in [2.05, 4.69) is 26.0 Å². The molecule has 12 heteroatoms. The molecule has 4 aromatic carbocycles. The largest absolute Gasteiger partial charge is 0.456 e. The van der Waals surface area contributed by atoms with Crippen LogP contribution in [0.1, 0.15) is 10.4 Å². The molecular formula is C25H15BrCl2F2N2O4S. The summed E-state index contributed by atoms with van der Waals surface area (Å²) in [5, 5.41) is 2.87. The summed E-state index contributed by atoms with van der Waals surface area (Å²) >= 11 is 14.8. The van der Waals surface area contributed by atoms with Crippen molar-refractivity contribution >= 4 is 66.4 Å². The van der Waals surface area contributed by atoms with E-state index in [4.69, 9.17) is 27.9 Å². The first-order valence-electron chi connectivity index (χ1n) is 10.3. The minimum atomic E-state index is -4.15. The first kappa shape index (κ1) is 26.9. The maximum atomic E-state index is 13.9. The van der Waals surface area contributed by atoms with Crippen LogP contribution in [0.15, 0.2) is 88.2 Å². The molecule has 0 fully saturated rings. The third kappa shape index (κ3) is 6.40. The molecule has 4 rings (SSSR count). The third-order valence-corrected chi connectivity index (χ3v) is 7.60. The van der Waals surface area contributed by atoms with Gasteiger partial charge >= 0.3 is 0 Å². The number of carbonyl (C=O) groups is 1. The summed E-state index contributed by atoms with van der Waals surface area (Å²) in [6.07, 6.45) is 0. The van der Waals surface area contributed by atoms with Gasteiger partial charge in [-0.25, -0.2) is 17.2 Å². The third-order valence-electron chi connectivity index (χ3n) is 4.91. The quantitative estimate of drug-likeness (QED) is 0.204. The van der Waals surface area contributed by atoms with E-state index in [9.17, 15) is 22.0 Å². The first-order chi connectivity index (χ1) is 17.5. The molecule has 4 aromatic rings. The monoisotopic (exact) mass is 626 g/mol. The normalized spacial score (nSPS) is 11.2. The second kappa shape index (κ2) is 11.1. The van der Waals surface area contributed by atoms with Crippen LogP contribution in [0.2, 0.25) is 10.0 Å². The molecule has 0 spiro atoms. The fourth-order valence-electron chi connectivity index (χ4n) is 3.16. The maximum absolute atomic E-state index is 13.9. The van der Waals surface area contributed by atoms with Crippen LogP contribution in [0.25, 0.3) is 0 Å². The zero-order valence-electron chi connectivity index (χ0n) is 18.4. The molecule has 0 aliphatic carbocycles. The highest BCUT2D eigenvalue weighted by molar-refractivity contribution is 9.10. The van der Waals surface area contributed by atoms with Crippen LogP contribution in [-0.2, 0) is 10.0 Å². The predicted octanol–water partition coefficient (Wildman–Crippen LogP) is 7.88. The van der Waals surface area contributed by atoms with E-state index in [1.807, 2.05) is 0 Å². The van der Waals surface area contributed by atoms with Crippen LogP contribution in [0, 0.1) is 11.6 Å². The molecule has 6 nitrogen and oxygen atoms in total. The number of hydrogen-bond acceptors (Lipinski definition) is 4. The number of anilines is 2.